The van der Waals surface area contributed by atoms with E-state index in [-0.39, 0.29) is 36.4 Å². The van der Waals surface area contributed by atoms with E-state index in [0.717, 1.165) is 5.56 Å². The van der Waals surface area contributed by atoms with Crippen LogP contribution in [0.3, 0.4) is 0 Å². The van der Waals surface area contributed by atoms with E-state index in [1.807, 2.05) is 37.3 Å². The van der Waals surface area contributed by atoms with Crippen LogP contribution in [0.5, 0.6) is 0 Å². The average Bonchev–Trinajstić information content (AvgIpc) is 2.89. The number of carbonyl (C=O) groups excluding carboxylic acids is 2. The molecule has 0 radical (unpaired) electrons. The summed E-state index contributed by atoms with van der Waals surface area (Å²) in [7, 11) is 0. The van der Waals surface area contributed by atoms with E-state index in [2.05, 4.69) is 10.6 Å². The number of ether oxygens (including phenoxy) is 1. The van der Waals surface area contributed by atoms with Gasteiger partial charge < -0.3 is 20.3 Å². The summed E-state index contributed by atoms with van der Waals surface area (Å²) in [6, 6.07) is 9.07. The van der Waals surface area contributed by atoms with Crippen molar-refractivity contribution in [3.63, 3.8) is 0 Å². The molecule has 132 valence electrons. The smallest absolute Gasteiger partial charge is 0.245 e. The first-order valence-electron chi connectivity index (χ1n) is 8.13. The molecule has 1 aromatic rings. The molecule has 24 heavy (non-hydrogen) atoms. The van der Waals surface area contributed by atoms with Crippen molar-refractivity contribution in [2.45, 2.75) is 38.1 Å². The third kappa shape index (κ3) is 4.26. The highest BCUT2D eigenvalue weighted by atomic mass is 35.5. The number of morpholine rings is 1. The van der Waals surface area contributed by atoms with Crippen LogP contribution in [-0.4, -0.2) is 54.6 Å². The van der Waals surface area contributed by atoms with Crippen LogP contribution < -0.4 is 10.6 Å². The Morgan fingerprint density at radius 1 is 1.38 bits per heavy atom. The van der Waals surface area contributed by atoms with Crippen LogP contribution in [0.25, 0.3) is 0 Å². The predicted molar refractivity (Wildman–Crippen MR) is 92.9 cm³/mol. The lowest BCUT2D eigenvalue weighted by molar-refractivity contribution is -0.135. The van der Waals surface area contributed by atoms with Gasteiger partial charge >= 0.3 is 0 Å². The van der Waals surface area contributed by atoms with E-state index in [4.69, 9.17) is 4.74 Å². The first kappa shape index (κ1) is 18.7. The first-order valence-corrected chi connectivity index (χ1v) is 8.13. The summed E-state index contributed by atoms with van der Waals surface area (Å²) in [5.74, 6) is -0.163. The second kappa shape index (κ2) is 8.46. The highest BCUT2D eigenvalue weighted by molar-refractivity contribution is 5.91. The minimum atomic E-state index is -0.429. The van der Waals surface area contributed by atoms with E-state index < -0.39 is 6.04 Å². The van der Waals surface area contributed by atoms with Crippen LogP contribution in [0.15, 0.2) is 30.3 Å². The lowest BCUT2D eigenvalue weighted by Gasteiger charge is -2.30. The van der Waals surface area contributed by atoms with Gasteiger partial charge in [0.25, 0.3) is 0 Å². The Hall–Kier alpha value is -1.63. The summed E-state index contributed by atoms with van der Waals surface area (Å²) in [5.41, 5.74) is 1.10. The largest absolute Gasteiger partial charge is 0.375 e. The Labute approximate surface area is 148 Å². The lowest BCUT2D eigenvalue weighted by Crippen LogP contribution is -2.57. The molecular formula is C17H24ClN3O3. The standard InChI is InChI=1S/C17H23N3O3.ClH/c1-12-15(18-8-10-23-12)16(21)19-14-7-9-20(17(14)22)11-13-5-3-2-4-6-13;/h2-6,12,14-15,18H,7-11H2,1H3,(H,19,21);1H/t12-,14?,15+;/m1./s1. The Kier molecular flexibility index (Phi) is 6.60. The topological polar surface area (TPSA) is 70.7 Å². The second-order valence-electron chi connectivity index (χ2n) is 6.10. The molecular weight excluding hydrogens is 330 g/mol. The fraction of sp³-hybridized carbons (Fsp3) is 0.529. The van der Waals surface area contributed by atoms with Crippen LogP contribution in [0, 0.1) is 0 Å². The van der Waals surface area contributed by atoms with Gasteiger partial charge in [-0.25, -0.2) is 0 Å². The third-order valence-electron chi connectivity index (χ3n) is 4.43. The number of nitrogens with one attached hydrogen (secondary N) is 2. The van der Waals surface area contributed by atoms with E-state index >= 15 is 0 Å². The van der Waals surface area contributed by atoms with Crippen molar-refractivity contribution in [1.82, 2.24) is 15.5 Å². The Bertz CT molecular complexity index is 569. The summed E-state index contributed by atoms with van der Waals surface area (Å²) in [6.07, 6.45) is 0.472. The minimum Gasteiger partial charge on any atom is -0.375 e. The van der Waals surface area contributed by atoms with Gasteiger partial charge in [0, 0.05) is 19.6 Å². The number of likely N-dealkylation sites (tertiary alicyclic amines) is 1. The minimum absolute atomic E-state index is 0. The van der Waals surface area contributed by atoms with Gasteiger partial charge in [-0.15, -0.1) is 12.4 Å². The fourth-order valence-electron chi connectivity index (χ4n) is 3.12. The maximum absolute atomic E-state index is 12.5. The first-order chi connectivity index (χ1) is 11.1. The number of hydrogen-bond donors (Lipinski definition) is 2. The molecule has 3 rings (SSSR count). The molecule has 3 atom stereocenters. The summed E-state index contributed by atoms with van der Waals surface area (Å²) in [4.78, 5) is 26.6. The van der Waals surface area contributed by atoms with Gasteiger partial charge in [-0.2, -0.15) is 0 Å². The van der Waals surface area contributed by atoms with E-state index in [1.165, 1.54) is 0 Å². The zero-order valence-electron chi connectivity index (χ0n) is 13.7. The Morgan fingerprint density at radius 2 is 2.12 bits per heavy atom. The molecule has 1 unspecified atom stereocenters. The molecule has 0 bridgehead atoms. The summed E-state index contributed by atoms with van der Waals surface area (Å²) in [5, 5.41) is 6.02. The number of nitrogens with zero attached hydrogens (tertiary/aromatic N) is 1. The summed E-state index contributed by atoms with van der Waals surface area (Å²) >= 11 is 0. The quantitative estimate of drug-likeness (QED) is 0.836. The molecule has 2 fully saturated rings. The van der Waals surface area contributed by atoms with Crippen LogP contribution in [0.2, 0.25) is 0 Å². The molecule has 1 aromatic carbocycles. The van der Waals surface area contributed by atoms with Crippen LogP contribution in [-0.2, 0) is 20.9 Å². The van der Waals surface area contributed by atoms with Gasteiger partial charge in [0.1, 0.15) is 12.1 Å². The number of amides is 2. The highest BCUT2D eigenvalue weighted by Gasteiger charge is 2.36. The van der Waals surface area contributed by atoms with Crippen molar-refractivity contribution in [3.05, 3.63) is 35.9 Å². The number of rotatable bonds is 4. The summed E-state index contributed by atoms with van der Waals surface area (Å²) in [6.45, 7) is 4.39. The molecule has 0 saturated carbocycles. The van der Waals surface area contributed by atoms with Gasteiger partial charge in [-0.3, -0.25) is 9.59 Å². The lowest BCUT2D eigenvalue weighted by atomic mass is 10.1. The molecule has 0 aromatic heterocycles. The van der Waals surface area contributed by atoms with Crippen molar-refractivity contribution in [2.24, 2.45) is 0 Å². The molecule has 2 saturated heterocycles. The van der Waals surface area contributed by atoms with Crippen molar-refractivity contribution in [2.75, 3.05) is 19.7 Å². The molecule has 2 N–H and O–H groups in total. The molecule has 2 heterocycles. The molecule has 2 aliphatic rings. The maximum Gasteiger partial charge on any atom is 0.245 e. The van der Waals surface area contributed by atoms with Crippen LogP contribution in [0.4, 0.5) is 0 Å². The predicted octanol–water partition coefficient (Wildman–Crippen LogP) is 0.702. The zero-order valence-corrected chi connectivity index (χ0v) is 14.6. The average molecular weight is 354 g/mol. The number of carbonyl (C=O) groups is 2. The molecule has 0 spiro atoms. The van der Waals surface area contributed by atoms with Gasteiger partial charge in [-0.1, -0.05) is 30.3 Å². The zero-order chi connectivity index (χ0) is 16.2. The molecule has 7 heteroatoms. The molecule has 6 nitrogen and oxygen atoms in total. The molecule has 2 aliphatic heterocycles. The van der Waals surface area contributed by atoms with Gasteiger partial charge in [-0.05, 0) is 18.9 Å². The van der Waals surface area contributed by atoms with Gasteiger partial charge in [0.2, 0.25) is 11.8 Å². The van der Waals surface area contributed by atoms with Crippen molar-refractivity contribution < 1.29 is 14.3 Å². The highest BCUT2D eigenvalue weighted by Crippen LogP contribution is 2.16. The normalized spacial score (nSPS) is 26.8. The van der Waals surface area contributed by atoms with Crippen molar-refractivity contribution in [1.29, 1.82) is 0 Å². The Balaban J connectivity index is 0.00000208. The van der Waals surface area contributed by atoms with Gasteiger partial charge in [0.15, 0.2) is 0 Å². The van der Waals surface area contributed by atoms with E-state index in [9.17, 15) is 9.59 Å². The fourth-order valence-corrected chi connectivity index (χ4v) is 3.12. The molecule has 0 aliphatic carbocycles. The monoisotopic (exact) mass is 353 g/mol. The molecule has 2 amide bonds. The van der Waals surface area contributed by atoms with E-state index in [0.29, 0.717) is 32.7 Å². The Morgan fingerprint density at radius 3 is 2.83 bits per heavy atom. The van der Waals surface area contributed by atoms with E-state index in [1.54, 1.807) is 4.90 Å². The van der Waals surface area contributed by atoms with Crippen molar-refractivity contribution >= 4 is 24.2 Å². The second-order valence-corrected chi connectivity index (χ2v) is 6.10. The van der Waals surface area contributed by atoms with Crippen molar-refractivity contribution in [3.8, 4) is 0 Å². The van der Waals surface area contributed by atoms with Crippen LogP contribution in [0.1, 0.15) is 18.9 Å². The SMILES string of the molecule is C[C@H]1OCCN[C@@H]1C(=O)NC1CCN(Cc2ccccc2)C1=O.Cl. The number of benzene rings is 1. The van der Waals surface area contributed by atoms with Gasteiger partial charge in [0.05, 0.1) is 12.7 Å². The maximum atomic E-state index is 12.5. The third-order valence-corrected chi connectivity index (χ3v) is 4.43. The number of hydrogen-bond acceptors (Lipinski definition) is 4. The summed E-state index contributed by atoms with van der Waals surface area (Å²) < 4.78 is 5.48. The number of halogens is 1. The van der Waals surface area contributed by atoms with Crippen LogP contribution >= 0.6 is 12.4 Å².